The first kappa shape index (κ1) is 20.6. The van der Waals surface area contributed by atoms with Crippen molar-refractivity contribution >= 4 is 35.8 Å². The Morgan fingerprint density at radius 2 is 1.86 bits per heavy atom. The van der Waals surface area contributed by atoms with Gasteiger partial charge >= 0.3 is 0 Å². The first-order valence-electron chi connectivity index (χ1n) is 7.10. The summed E-state index contributed by atoms with van der Waals surface area (Å²) in [6.07, 6.45) is 0. The van der Waals surface area contributed by atoms with Crippen LogP contribution < -0.4 is 16.0 Å². The van der Waals surface area contributed by atoms with Gasteiger partial charge in [0.25, 0.3) is 0 Å². The second-order valence-electron chi connectivity index (χ2n) is 4.59. The Morgan fingerprint density at radius 1 is 1.18 bits per heavy atom. The van der Waals surface area contributed by atoms with Crippen molar-refractivity contribution in [3.05, 3.63) is 35.1 Å². The Balaban J connectivity index is 0.00000441. The van der Waals surface area contributed by atoms with Crippen LogP contribution in [0.5, 0.6) is 0 Å². The SMILES string of the molecule is CCNC(=O)CNC(=NCc1ccc(F)c(C)c1)NCC.I. The molecule has 0 spiro atoms. The Labute approximate surface area is 148 Å². The molecule has 124 valence electrons. The van der Waals surface area contributed by atoms with Crippen LogP contribution in [0.4, 0.5) is 4.39 Å². The van der Waals surface area contributed by atoms with E-state index in [1.54, 1.807) is 19.1 Å². The number of carbonyl (C=O) groups excluding carboxylic acids is 1. The third-order valence-electron chi connectivity index (χ3n) is 2.78. The van der Waals surface area contributed by atoms with E-state index in [-0.39, 0.29) is 42.2 Å². The number of nitrogens with one attached hydrogen (secondary N) is 3. The molecule has 0 aliphatic carbocycles. The number of likely N-dealkylation sites (N-methyl/N-ethyl adjacent to an activating group) is 1. The van der Waals surface area contributed by atoms with Crippen molar-refractivity contribution in [2.75, 3.05) is 19.6 Å². The van der Waals surface area contributed by atoms with Crippen molar-refractivity contribution in [3.63, 3.8) is 0 Å². The minimum Gasteiger partial charge on any atom is -0.357 e. The Hall–Kier alpha value is -1.38. The van der Waals surface area contributed by atoms with Gasteiger partial charge in [-0.05, 0) is 38.0 Å². The smallest absolute Gasteiger partial charge is 0.239 e. The summed E-state index contributed by atoms with van der Waals surface area (Å²) >= 11 is 0. The van der Waals surface area contributed by atoms with Crippen LogP contribution >= 0.6 is 24.0 Å². The number of aryl methyl sites for hydroxylation is 1. The van der Waals surface area contributed by atoms with E-state index in [9.17, 15) is 9.18 Å². The van der Waals surface area contributed by atoms with Crippen molar-refractivity contribution in [3.8, 4) is 0 Å². The molecular formula is C15H24FIN4O. The molecule has 0 aliphatic heterocycles. The molecule has 0 unspecified atom stereocenters. The predicted molar refractivity (Wildman–Crippen MR) is 98.1 cm³/mol. The van der Waals surface area contributed by atoms with Gasteiger partial charge in [0, 0.05) is 13.1 Å². The normalized spacial score (nSPS) is 10.6. The van der Waals surface area contributed by atoms with Crippen molar-refractivity contribution in [2.24, 2.45) is 4.99 Å². The van der Waals surface area contributed by atoms with E-state index in [1.165, 1.54) is 6.07 Å². The number of guanidine groups is 1. The molecule has 1 aromatic rings. The number of rotatable bonds is 6. The van der Waals surface area contributed by atoms with Gasteiger partial charge in [0.15, 0.2) is 5.96 Å². The monoisotopic (exact) mass is 422 g/mol. The number of aliphatic imine (C=N–C) groups is 1. The summed E-state index contributed by atoms with van der Waals surface area (Å²) in [4.78, 5) is 15.8. The second-order valence-corrected chi connectivity index (χ2v) is 4.59. The van der Waals surface area contributed by atoms with Gasteiger partial charge in [-0.2, -0.15) is 0 Å². The molecule has 0 saturated heterocycles. The van der Waals surface area contributed by atoms with Gasteiger partial charge < -0.3 is 16.0 Å². The zero-order chi connectivity index (χ0) is 15.7. The third kappa shape index (κ3) is 7.58. The number of amides is 1. The number of nitrogens with zero attached hydrogens (tertiary/aromatic N) is 1. The van der Waals surface area contributed by atoms with Gasteiger partial charge in [-0.3, -0.25) is 4.79 Å². The van der Waals surface area contributed by atoms with Crippen molar-refractivity contribution < 1.29 is 9.18 Å². The number of carbonyl (C=O) groups is 1. The predicted octanol–water partition coefficient (Wildman–Crippen LogP) is 1.94. The van der Waals surface area contributed by atoms with Crippen LogP contribution in [0.15, 0.2) is 23.2 Å². The molecule has 1 rings (SSSR count). The molecule has 22 heavy (non-hydrogen) atoms. The maximum absolute atomic E-state index is 13.2. The molecule has 0 saturated carbocycles. The van der Waals surface area contributed by atoms with E-state index >= 15 is 0 Å². The fourth-order valence-electron chi connectivity index (χ4n) is 1.74. The average molecular weight is 422 g/mol. The van der Waals surface area contributed by atoms with Crippen molar-refractivity contribution in [1.29, 1.82) is 0 Å². The van der Waals surface area contributed by atoms with E-state index in [0.29, 0.717) is 31.2 Å². The summed E-state index contributed by atoms with van der Waals surface area (Å²) in [5, 5.41) is 8.72. The summed E-state index contributed by atoms with van der Waals surface area (Å²) in [7, 11) is 0. The highest BCUT2D eigenvalue weighted by Gasteiger charge is 2.03. The zero-order valence-corrected chi connectivity index (χ0v) is 15.5. The van der Waals surface area contributed by atoms with Gasteiger partial charge in [0.05, 0.1) is 13.1 Å². The standard InChI is InChI=1S/C15H23FN4O.HI/c1-4-17-14(21)10-20-15(18-5-2)19-9-12-6-7-13(16)11(3)8-12;/h6-8H,4-5,9-10H2,1-3H3,(H,17,21)(H2,18,19,20);1H. The van der Waals surface area contributed by atoms with Crippen LogP contribution in [0.3, 0.4) is 0 Å². The molecular weight excluding hydrogens is 398 g/mol. The first-order valence-corrected chi connectivity index (χ1v) is 7.10. The van der Waals surface area contributed by atoms with Crippen LogP contribution in [0.2, 0.25) is 0 Å². The van der Waals surface area contributed by atoms with Crippen LogP contribution in [-0.4, -0.2) is 31.5 Å². The fraction of sp³-hybridized carbons (Fsp3) is 0.467. The number of benzene rings is 1. The minimum absolute atomic E-state index is 0. The lowest BCUT2D eigenvalue weighted by Gasteiger charge is -2.11. The minimum atomic E-state index is -0.219. The highest BCUT2D eigenvalue weighted by Crippen LogP contribution is 2.09. The number of halogens is 2. The summed E-state index contributed by atoms with van der Waals surface area (Å²) in [6.45, 7) is 7.43. The van der Waals surface area contributed by atoms with E-state index in [2.05, 4.69) is 20.9 Å². The molecule has 1 aromatic carbocycles. The molecule has 5 nitrogen and oxygen atoms in total. The summed E-state index contributed by atoms with van der Waals surface area (Å²) in [5.41, 5.74) is 1.52. The fourth-order valence-corrected chi connectivity index (χ4v) is 1.74. The third-order valence-corrected chi connectivity index (χ3v) is 2.78. The van der Waals surface area contributed by atoms with Crippen molar-refractivity contribution in [2.45, 2.75) is 27.3 Å². The lowest BCUT2D eigenvalue weighted by molar-refractivity contribution is -0.119. The highest BCUT2D eigenvalue weighted by molar-refractivity contribution is 14.0. The summed E-state index contributed by atoms with van der Waals surface area (Å²) in [6, 6.07) is 4.92. The quantitative estimate of drug-likeness (QED) is 0.373. The molecule has 0 bridgehead atoms. The molecule has 0 atom stereocenters. The van der Waals surface area contributed by atoms with Gasteiger partial charge in [-0.25, -0.2) is 9.38 Å². The topological polar surface area (TPSA) is 65.5 Å². The first-order chi connectivity index (χ1) is 10.1. The average Bonchev–Trinajstić information content (AvgIpc) is 2.46. The Kier molecular flexibility index (Phi) is 10.5. The zero-order valence-electron chi connectivity index (χ0n) is 13.2. The van der Waals surface area contributed by atoms with Crippen molar-refractivity contribution in [1.82, 2.24) is 16.0 Å². The van der Waals surface area contributed by atoms with Gasteiger partial charge in [-0.15, -0.1) is 24.0 Å². The van der Waals surface area contributed by atoms with E-state index in [4.69, 9.17) is 0 Å². The summed E-state index contributed by atoms with van der Waals surface area (Å²) in [5.74, 6) is 0.260. The van der Waals surface area contributed by atoms with Crippen LogP contribution in [0.25, 0.3) is 0 Å². The molecule has 0 radical (unpaired) electrons. The Bertz CT molecular complexity index is 508. The van der Waals surface area contributed by atoms with Crippen LogP contribution in [0, 0.1) is 12.7 Å². The lowest BCUT2D eigenvalue weighted by atomic mass is 10.1. The highest BCUT2D eigenvalue weighted by atomic mass is 127. The lowest BCUT2D eigenvalue weighted by Crippen LogP contribution is -2.43. The molecule has 1 amide bonds. The van der Waals surface area contributed by atoms with Crippen LogP contribution in [-0.2, 0) is 11.3 Å². The van der Waals surface area contributed by atoms with E-state index in [0.717, 1.165) is 5.56 Å². The molecule has 0 aromatic heterocycles. The largest absolute Gasteiger partial charge is 0.357 e. The molecule has 0 aliphatic rings. The summed E-state index contributed by atoms with van der Waals surface area (Å²) < 4.78 is 13.2. The van der Waals surface area contributed by atoms with Crippen LogP contribution in [0.1, 0.15) is 25.0 Å². The number of hydrogen-bond acceptors (Lipinski definition) is 2. The maximum atomic E-state index is 13.2. The molecule has 7 heteroatoms. The molecule has 0 fully saturated rings. The Morgan fingerprint density at radius 3 is 2.45 bits per heavy atom. The maximum Gasteiger partial charge on any atom is 0.239 e. The van der Waals surface area contributed by atoms with E-state index in [1.807, 2.05) is 13.8 Å². The van der Waals surface area contributed by atoms with Gasteiger partial charge in [-0.1, -0.05) is 12.1 Å². The van der Waals surface area contributed by atoms with Gasteiger partial charge in [0.1, 0.15) is 5.82 Å². The van der Waals surface area contributed by atoms with E-state index < -0.39 is 0 Å². The molecule has 3 N–H and O–H groups in total. The van der Waals surface area contributed by atoms with Gasteiger partial charge in [0.2, 0.25) is 5.91 Å². The molecule has 0 heterocycles. The number of hydrogen-bond donors (Lipinski definition) is 3. The second kappa shape index (κ2) is 11.2.